The first-order valence-corrected chi connectivity index (χ1v) is 10.2. The number of methoxy groups -OCH3 is 3. The van der Waals surface area contributed by atoms with Crippen LogP contribution in [0.15, 0.2) is 65.1 Å². The maximum Gasteiger partial charge on any atom is 0.259 e. The lowest BCUT2D eigenvalue weighted by atomic mass is 10.0. The van der Waals surface area contributed by atoms with Gasteiger partial charge in [-0.3, -0.25) is 9.59 Å². The van der Waals surface area contributed by atoms with Crippen molar-refractivity contribution < 1.29 is 28.2 Å². The summed E-state index contributed by atoms with van der Waals surface area (Å²) in [4.78, 5) is 25.9. The summed E-state index contributed by atoms with van der Waals surface area (Å²) in [6.45, 7) is 1.81. The van der Waals surface area contributed by atoms with E-state index in [1.54, 1.807) is 60.7 Å². The number of rotatable bonds is 7. The summed E-state index contributed by atoms with van der Waals surface area (Å²) in [5.74, 6) is 1.13. The highest BCUT2D eigenvalue weighted by molar-refractivity contribution is 6.11. The fraction of sp³-hybridized carbons (Fsp3) is 0.154. The van der Waals surface area contributed by atoms with Crippen LogP contribution < -0.4 is 19.5 Å². The number of carbonyl (C=O) groups is 2. The summed E-state index contributed by atoms with van der Waals surface area (Å²) in [5, 5.41) is 3.61. The number of nitrogens with one attached hydrogen (secondary N) is 1. The summed E-state index contributed by atoms with van der Waals surface area (Å²) in [5.41, 5.74) is 2.64. The van der Waals surface area contributed by atoms with E-state index < -0.39 is 0 Å². The molecule has 4 aromatic rings. The number of ether oxygens (including phenoxy) is 3. The van der Waals surface area contributed by atoms with Crippen molar-refractivity contribution in [2.75, 3.05) is 26.6 Å². The van der Waals surface area contributed by atoms with Gasteiger partial charge >= 0.3 is 0 Å². The lowest BCUT2D eigenvalue weighted by Crippen LogP contribution is -2.13. The Morgan fingerprint density at radius 2 is 1.55 bits per heavy atom. The Labute approximate surface area is 190 Å². The van der Waals surface area contributed by atoms with E-state index in [9.17, 15) is 9.59 Å². The SMILES string of the molecule is COc1ccc(C(=O)c2oc3ccc(NC(=O)c4ccccc4OC)cc3c2C)cc1OC. The zero-order chi connectivity index (χ0) is 23.5. The molecular formula is C26H23NO6. The van der Waals surface area contributed by atoms with E-state index in [0.29, 0.717) is 45.2 Å². The molecule has 3 aromatic carbocycles. The van der Waals surface area contributed by atoms with Crippen LogP contribution in [-0.4, -0.2) is 33.0 Å². The van der Waals surface area contributed by atoms with Crippen LogP contribution in [0.3, 0.4) is 0 Å². The second-order valence-corrected chi connectivity index (χ2v) is 7.32. The van der Waals surface area contributed by atoms with E-state index in [-0.39, 0.29) is 17.5 Å². The van der Waals surface area contributed by atoms with Crippen LogP contribution in [0.25, 0.3) is 11.0 Å². The first-order valence-electron chi connectivity index (χ1n) is 10.2. The number of hydrogen-bond donors (Lipinski definition) is 1. The third-order valence-electron chi connectivity index (χ3n) is 5.40. The molecule has 0 aliphatic heterocycles. The van der Waals surface area contributed by atoms with Crippen LogP contribution in [0.4, 0.5) is 5.69 Å². The highest BCUT2D eigenvalue weighted by atomic mass is 16.5. The largest absolute Gasteiger partial charge is 0.496 e. The summed E-state index contributed by atoms with van der Waals surface area (Å²) in [6.07, 6.45) is 0. The molecule has 0 fully saturated rings. The fourth-order valence-electron chi connectivity index (χ4n) is 3.65. The first kappa shape index (κ1) is 22.0. The average molecular weight is 445 g/mol. The molecule has 0 aliphatic carbocycles. The highest BCUT2D eigenvalue weighted by Gasteiger charge is 2.21. The molecule has 0 aliphatic rings. The van der Waals surface area contributed by atoms with Crippen LogP contribution in [0.5, 0.6) is 17.2 Å². The first-order chi connectivity index (χ1) is 16.0. The summed E-state index contributed by atoms with van der Waals surface area (Å²) in [7, 11) is 4.57. The van der Waals surface area contributed by atoms with Gasteiger partial charge in [0.15, 0.2) is 17.3 Å². The van der Waals surface area contributed by atoms with E-state index in [0.717, 1.165) is 5.39 Å². The Kier molecular flexibility index (Phi) is 6.04. The molecule has 1 heterocycles. The summed E-state index contributed by atoms with van der Waals surface area (Å²) < 4.78 is 21.7. The summed E-state index contributed by atoms with van der Waals surface area (Å²) >= 11 is 0. The molecule has 0 radical (unpaired) electrons. The molecule has 0 unspecified atom stereocenters. The molecular weight excluding hydrogens is 422 g/mol. The van der Waals surface area contributed by atoms with Crippen molar-refractivity contribution in [3.63, 3.8) is 0 Å². The van der Waals surface area contributed by atoms with Gasteiger partial charge in [-0.05, 0) is 55.5 Å². The minimum absolute atomic E-state index is 0.227. The molecule has 7 heteroatoms. The van der Waals surface area contributed by atoms with Crippen molar-refractivity contribution in [3.8, 4) is 17.2 Å². The van der Waals surface area contributed by atoms with Gasteiger partial charge in [-0.15, -0.1) is 0 Å². The molecule has 4 rings (SSSR count). The number of fused-ring (bicyclic) bond motifs is 1. The second kappa shape index (κ2) is 9.08. The molecule has 7 nitrogen and oxygen atoms in total. The van der Waals surface area contributed by atoms with Gasteiger partial charge in [0, 0.05) is 22.2 Å². The molecule has 168 valence electrons. The third kappa shape index (κ3) is 4.13. The molecule has 1 aromatic heterocycles. The van der Waals surface area contributed by atoms with Gasteiger partial charge in [-0.25, -0.2) is 0 Å². The molecule has 1 amide bonds. The molecule has 0 bridgehead atoms. The number of carbonyl (C=O) groups excluding carboxylic acids is 2. The number of para-hydroxylation sites is 1. The topological polar surface area (TPSA) is 87.0 Å². The fourth-order valence-corrected chi connectivity index (χ4v) is 3.65. The summed E-state index contributed by atoms with van der Waals surface area (Å²) in [6, 6.07) is 17.2. The van der Waals surface area contributed by atoms with E-state index in [1.165, 1.54) is 21.3 Å². The normalized spacial score (nSPS) is 10.7. The number of amides is 1. The van der Waals surface area contributed by atoms with Gasteiger partial charge in [-0.2, -0.15) is 0 Å². The van der Waals surface area contributed by atoms with Gasteiger partial charge in [0.1, 0.15) is 11.3 Å². The smallest absolute Gasteiger partial charge is 0.259 e. The van der Waals surface area contributed by atoms with Crippen molar-refractivity contribution >= 4 is 28.3 Å². The number of furan rings is 1. The Balaban J connectivity index is 1.65. The van der Waals surface area contributed by atoms with Crippen molar-refractivity contribution in [2.45, 2.75) is 6.92 Å². The van der Waals surface area contributed by atoms with Gasteiger partial charge in [0.05, 0.1) is 26.9 Å². The van der Waals surface area contributed by atoms with Crippen LogP contribution in [0.1, 0.15) is 32.0 Å². The Morgan fingerprint density at radius 3 is 2.27 bits per heavy atom. The van der Waals surface area contributed by atoms with Crippen molar-refractivity contribution in [1.29, 1.82) is 0 Å². The zero-order valence-electron chi connectivity index (χ0n) is 18.7. The number of ketones is 1. The number of anilines is 1. The Bertz CT molecular complexity index is 1350. The molecule has 0 saturated carbocycles. The zero-order valence-corrected chi connectivity index (χ0v) is 18.7. The Morgan fingerprint density at radius 1 is 0.818 bits per heavy atom. The molecule has 33 heavy (non-hydrogen) atoms. The van der Waals surface area contributed by atoms with Crippen molar-refractivity contribution in [1.82, 2.24) is 0 Å². The van der Waals surface area contributed by atoms with E-state index in [1.807, 2.05) is 6.92 Å². The molecule has 0 spiro atoms. The van der Waals surface area contributed by atoms with Gasteiger partial charge < -0.3 is 23.9 Å². The van der Waals surface area contributed by atoms with Crippen LogP contribution in [-0.2, 0) is 0 Å². The number of hydrogen-bond acceptors (Lipinski definition) is 6. The van der Waals surface area contributed by atoms with Crippen molar-refractivity contribution in [3.05, 3.63) is 83.1 Å². The highest BCUT2D eigenvalue weighted by Crippen LogP contribution is 2.32. The van der Waals surface area contributed by atoms with Gasteiger partial charge in [-0.1, -0.05) is 12.1 Å². The average Bonchev–Trinajstić information content (AvgIpc) is 3.18. The lowest BCUT2D eigenvalue weighted by molar-refractivity contribution is 0.101. The predicted octanol–water partition coefficient (Wildman–Crippen LogP) is 5.25. The minimum atomic E-state index is -0.297. The molecule has 0 atom stereocenters. The van der Waals surface area contributed by atoms with E-state index >= 15 is 0 Å². The van der Waals surface area contributed by atoms with Gasteiger partial charge in [0.2, 0.25) is 5.78 Å². The molecule has 0 saturated heterocycles. The number of benzene rings is 3. The maximum atomic E-state index is 13.1. The van der Waals surface area contributed by atoms with E-state index in [4.69, 9.17) is 18.6 Å². The van der Waals surface area contributed by atoms with Crippen LogP contribution in [0.2, 0.25) is 0 Å². The van der Waals surface area contributed by atoms with Crippen molar-refractivity contribution in [2.24, 2.45) is 0 Å². The minimum Gasteiger partial charge on any atom is -0.496 e. The quantitative estimate of drug-likeness (QED) is 0.391. The third-order valence-corrected chi connectivity index (χ3v) is 5.40. The van der Waals surface area contributed by atoms with Crippen LogP contribution in [0, 0.1) is 6.92 Å². The lowest BCUT2D eigenvalue weighted by Gasteiger charge is -2.09. The predicted molar refractivity (Wildman–Crippen MR) is 125 cm³/mol. The monoisotopic (exact) mass is 445 g/mol. The maximum absolute atomic E-state index is 13.1. The van der Waals surface area contributed by atoms with E-state index in [2.05, 4.69) is 5.32 Å². The number of aryl methyl sites for hydroxylation is 1. The van der Waals surface area contributed by atoms with Crippen LogP contribution >= 0.6 is 0 Å². The Hall–Kier alpha value is -4.26. The molecule has 1 N–H and O–H groups in total. The van der Waals surface area contributed by atoms with Gasteiger partial charge in [0.25, 0.3) is 5.91 Å². The second-order valence-electron chi connectivity index (χ2n) is 7.32. The standard InChI is InChI=1S/C26H23NO6/c1-15-19-14-17(27-26(29)18-7-5-6-8-20(18)30-2)10-12-21(19)33-25(15)24(28)16-9-11-22(31-3)23(13-16)32-4/h5-14H,1-4H3,(H,27,29).